The lowest BCUT2D eigenvalue weighted by Crippen LogP contribution is -2.66. The van der Waals surface area contributed by atoms with Gasteiger partial charge in [-0.15, -0.1) is 0 Å². The van der Waals surface area contributed by atoms with Gasteiger partial charge in [0.2, 0.25) is 5.91 Å². The van der Waals surface area contributed by atoms with Crippen LogP contribution in [0.15, 0.2) is 24.3 Å². The number of hydrogen-bond acceptors (Lipinski definition) is 18. The van der Waals surface area contributed by atoms with Crippen molar-refractivity contribution in [2.24, 2.45) is 0 Å². The number of amides is 1. The van der Waals surface area contributed by atoms with Gasteiger partial charge in [-0.2, -0.15) is 0 Å². The molecule has 19 heteroatoms. The fourth-order valence-corrected chi connectivity index (χ4v) is 7.46. The van der Waals surface area contributed by atoms with Crippen LogP contribution >= 0.6 is 0 Å². The van der Waals surface area contributed by atoms with Gasteiger partial charge in [0.15, 0.2) is 18.9 Å². The standard InChI is InChI=1S/C42H75NO18/c1-3-5-7-8-9-10-11-12-13-14-15-16-18-20-30(48)43-25(26(47)19-17-6-4-2)24-56-40-36(54)33(51)38(28(22-45)58-40)61-42-37(55)34(52)39(29(23-46)59-42)60-41-35(53)32(50)31(49)27(21-44)57-41/h7-8,10-11,25-29,31-42,44-47,49-55H,3-6,9,12-24H2,1-2H3,(H,43,48)/b8-7-,11-10-. The van der Waals surface area contributed by atoms with E-state index < -0.39 is 124 Å². The zero-order valence-corrected chi connectivity index (χ0v) is 35.6. The second kappa shape index (κ2) is 28.9. The Hall–Kier alpha value is -1.73. The second-order valence-corrected chi connectivity index (χ2v) is 16.2. The molecule has 0 aromatic heterocycles. The molecule has 3 fully saturated rings. The zero-order chi connectivity index (χ0) is 44.9. The summed E-state index contributed by atoms with van der Waals surface area (Å²) in [6, 6.07) is -0.886. The van der Waals surface area contributed by atoms with E-state index in [1.54, 1.807) is 0 Å². The molecule has 61 heavy (non-hydrogen) atoms. The van der Waals surface area contributed by atoms with E-state index in [2.05, 4.69) is 36.5 Å². The van der Waals surface area contributed by atoms with Crippen molar-refractivity contribution in [2.45, 2.75) is 208 Å². The Kier molecular flexibility index (Phi) is 25.4. The van der Waals surface area contributed by atoms with E-state index in [1.165, 1.54) is 0 Å². The molecule has 1 amide bonds. The fraction of sp³-hybridized carbons (Fsp3) is 0.881. The van der Waals surface area contributed by atoms with E-state index in [-0.39, 0.29) is 18.9 Å². The molecular weight excluding hydrogens is 806 g/mol. The Morgan fingerprint density at radius 2 is 1.11 bits per heavy atom. The summed E-state index contributed by atoms with van der Waals surface area (Å²) < 4.78 is 33.8. The summed E-state index contributed by atoms with van der Waals surface area (Å²) in [6.07, 6.45) is -5.74. The van der Waals surface area contributed by atoms with Crippen LogP contribution in [0.1, 0.15) is 104 Å². The maximum atomic E-state index is 13.0. The van der Waals surface area contributed by atoms with E-state index in [0.29, 0.717) is 19.3 Å². The molecule has 3 aliphatic heterocycles. The van der Waals surface area contributed by atoms with Crippen LogP contribution < -0.4 is 5.32 Å². The second-order valence-electron chi connectivity index (χ2n) is 16.2. The van der Waals surface area contributed by atoms with Crippen molar-refractivity contribution in [1.29, 1.82) is 0 Å². The smallest absolute Gasteiger partial charge is 0.220 e. The van der Waals surface area contributed by atoms with Gasteiger partial charge in [-0.25, -0.2) is 0 Å². The normalized spacial score (nSPS) is 35.8. The third kappa shape index (κ3) is 16.6. The summed E-state index contributed by atoms with van der Waals surface area (Å²) >= 11 is 0. The highest BCUT2D eigenvalue weighted by Gasteiger charge is 2.53. The number of hydrogen-bond donors (Lipinski definition) is 12. The number of carbonyl (C=O) groups is 1. The SMILES string of the molecule is CCC/C=C\C/C=C\CCCCCCCC(=O)NC(COC1OC(CO)C(OC2OC(CO)C(OC3OC(CO)C(O)C(O)C3O)C(O)C2O)C(O)C1O)C(O)CCCCC. The number of carbonyl (C=O) groups excluding carboxylic acids is 1. The van der Waals surface area contributed by atoms with E-state index in [4.69, 9.17) is 28.4 Å². The molecule has 0 aliphatic carbocycles. The van der Waals surface area contributed by atoms with Gasteiger partial charge in [-0.1, -0.05) is 83.1 Å². The topological polar surface area (TPSA) is 307 Å². The average molecular weight is 882 g/mol. The van der Waals surface area contributed by atoms with Crippen molar-refractivity contribution in [1.82, 2.24) is 5.32 Å². The van der Waals surface area contributed by atoms with Crippen molar-refractivity contribution < 1.29 is 89.4 Å². The molecule has 17 atom stereocenters. The number of aliphatic hydroxyl groups is 11. The Morgan fingerprint density at radius 1 is 0.590 bits per heavy atom. The predicted molar refractivity (Wildman–Crippen MR) is 217 cm³/mol. The van der Waals surface area contributed by atoms with Gasteiger partial charge in [0.25, 0.3) is 0 Å². The van der Waals surface area contributed by atoms with E-state index in [9.17, 15) is 61.0 Å². The lowest BCUT2D eigenvalue weighted by molar-refractivity contribution is -0.379. The molecular formula is C42H75NO18. The van der Waals surface area contributed by atoms with Gasteiger partial charge in [-0.05, 0) is 38.5 Å². The van der Waals surface area contributed by atoms with E-state index >= 15 is 0 Å². The van der Waals surface area contributed by atoms with Crippen LogP contribution in [0, 0.1) is 0 Å². The first-order valence-corrected chi connectivity index (χ1v) is 22.1. The third-order valence-corrected chi connectivity index (χ3v) is 11.3. The Balaban J connectivity index is 1.54. The monoisotopic (exact) mass is 881 g/mol. The average Bonchev–Trinajstić information content (AvgIpc) is 3.25. The number of ether oxygens (including phenoxy) is 6. The highest BCUT2D eigenvalue weighted by molar-refractivity contribution is 5.76. The number of allylic oxidation sites excluding steroid dienone is 4. The molecule has 356 valence electrons. The summed E-state index contributed by atoms with van der Waals surface area (Å²) in [5, 5.41) is 118. The van der Waals surface area contributed by atoms with Crippen LogP contribution in [0.2, 0.25) is 0 Å². The third-order valence-electron chi connectivity index (χ3n) is 11.3. The number of nitrogens with one attached hydrogen (secondary N) is 1. The maximum Gasteiger partial charge on any atom is 0.220 e. The molecule has 0 radical (unpaired) electrons. The fourth-order valence-electron chi connectivity index (χ4n) is 7.46. The first-order valence-electron chi connectivity index (χ1n) is 22.1. The van der Waals surface area contributed by atoms with Crippen molar-refractivity contribution >= 4 is 5.91 Å². The molecule has 0 bridgehead atoms. The highest BCUT2D eigenvalue weighted by Crippen LogP contribution is 2.33. The van der Waals surface area contributed by atoms with Gasteiger partial charge in [-0.3, -0.25) is 4.79 Å². The summed E-state index contributed by atoms with van der Waals surface area (Å²) in [4.78, 5) is 13.0. The molecule has 17 unspecified atom stereocenters. The Morgan fingerprint density at radius 3 is 1.70 bits per heavy atom. The minimum atomic E-state index is -1.97. The van der Waals surface area contributed by atoms with Gasteiger partial charge in [0, 0.05) is 6.42 Å². The van der Waals surface area contributed by atoms with Gasteiger partial charge >= 0.3 is 0 Å². The van der Waals surface area contributed by atoms with E-state index in [0.717, 1.165) is 64.2 Å². The molecule has 0 saturated carbocycles. The van der Waals surface area contributed by atoms with Crippen LogP contribution in [0.5, 0.6) is 0 Å². The van der Waals surface area contributed by atoms with Crippen molar-refractivity contribution in [3.63, 3.8) is 0 Å². The zero-order valence-electron chi connectivity index (χ0n) is 35.6. The van der Waals surface area contributed by atoms with Crippen molar-refractivity contribution in [3.8, 4) is 0 Å². The number of rotatable bonds is 28. The molecule has 0 spiro atoms. The number of unbranched alkanes of at least 4 members (excludes halogenated alkanes) is 8. The molecule has 3 heterocycles. The van der Waals surface area contributed by atoms with Gasteiger partial charge in [0.05, 0.1) is 38.6 Å². The van der Waals surface area contributed by atoms with Gasteiger partial charge < -0.3 is 89.9 Å². The predicted octanol–water partition coefficient (Wildman–Crippen LogP) is -1.09. The van der Waals surface area contributed by atoms with Crippen LogP contribution in [0.3, 0.4) is 0 Å². The molecule has 0 aromatic carbocycles. The minimum Gasteiger partial charge on any atom is -0.394 e. The van der Waals surface area contributed by atoms with Crippen LogP contribution in [-0.4, -0.2) is 193 Å². The molecule has 12 N–H and O–H groups in total. The van der Waals surface area contributed by atoms with Gasteiger partial charge in [0.1, 0.15) is 73.2 Å². The highest BCUT2D eigenvalue weighted by atomic mass is 16.8. The molecule has 3 saturated heterocycles. The van der Waals surface area contributed by atoms with Crippen LogP contribution in [-0.2, 0) is 33.2 Å². The number of aliphatic hydroxyl groups excluding tert-OH is 11. The first-order chi connectivity index (χ1) is 29.3. The Labute approximate surface area is 358 Å². The van der Waals surface area contributed by atoms with Crippen molar-refractivity contribution in [3.05, 3.63) is 24.3 Å². The molecule has 0 aromatic rings. The summed E-state index contributed by atoms with van der Waals surface area (Å²) in [7, 11) is 0. The molecule has 19 nitrogen and oxygen atoms in total. The minimum absolute atomic E-state index is 0.247. The maximum absolute atomic E-state index is 13.0. The largest absolute Gasteiger partial charge is 0.394 e. The lowest BCUT2D eigenvalue weighted by atomic mass is 9.96. The van der Waals surface area contributed by atoms with E-state index in [1.807, 2.05) is 6.92 Å². The van der Waals surface area contributed by atoms with Crippen molar-refractivity contribution in [2.75, 3.05) is 26.4 Å². The summed E-state index contributed by atoms with van der Waals surface area (Å²) in [6.45, 7) is 1.45. The van der Waals surface area contributed by atoms with Crippen LogP contribution in [0.4, 0.5) is 0 Å². The van der Waals surface area contributed by atoms with Crippen LogP contribution in [0.25, 0.3) is 0 Å². The first kappa shape index (κ1) is 53.6. The summed E-state index contributed by atoms with van der Waals surface area (Å²) in [5.74, 6) is -0.274. The Bertz CT molecular complexity index is 1240. The molecule has 3 rings (SSSR count). The lowest BCUT2D eigenvalue weighted by Gasteiger charge is -2.48. The summed E-state index contributed by atoms with van der Waals surface area (Å²) in [5.41, 5.74) is 0. The quantitative estimate of drug-likeness (QED) is 0.0328. The molecule has 3 aliphatic rings.